The highest BCUT2D eigenvalue weighted by molar-refractivity contribution is 5.71. The Morgan fingerprint density at radius 3 is 1.15 bits per heavy atom. The van der Waals surface area contributed by atoms with Gasteiger partial charge in [-0.1, -0.05) is 240 Å². The van der Waals surface area contributed by atoms with Crippen LogP contribution in [0, 0.1) is 0 Å². The van der Waals surface area contributed by atoms with Crippen LogP contribution in [0.1, 0.15) is 239 Å². The Hall–Kier alpha value is -3.67. The third kappa shape index (κ3) is 51.2. The lowest BCUT2D eigenvalue weighted by molar-refractivity contribution is -0.167. The normalized spacial score (nSPS) is 12.8. The van der Waals surface area contributed by atoms with Crippen molar-refractivity contribution in [3.8, 4) is 0 Å². The lowest BCUT2D eigenvalue weighted by Gasteiger charge is -2.18. The second kappa shape index (κ2) is 52.9. The Kier molecular flexibility index (Phi) is 50.0. The molecule has 0 heterocycles. The number of hydrogen-bond acceptors (Lipinski definition) is 6. The van der Waals surface area contributed by atoms with Crippen LogP contribution in [0.4, 0.5) is 0 Å². The zero-order valence-electron chi connectivity index (χ0n) is 42.2. The molecule has 0 spiro atoms. The maximum atomic E-state index is 12.8. The van der Waals surface area contributed by atoms with E-state index in [0.717, 1.165) is 103 Å². The van der Waals surface area contributed by atoms with Crippen LogP contribution in [0.25, 0.3) is 0 Å². The zero-order valence-corrected chi connectivity index (χ0v) is 42.2. The third-order valence-corrected chi connectivity index (χ3v) is 11.1. The molecule has 0 aromatic carbocycles. The van der Waals surface area contributed by atoms with Crippen LogP contribution in [0.15, 0.2) is 97.2 Å². The summed E-state index contributed by atoms with van der Waals surface area (Å²) in [7, 11) is 0. The average Bonchev–Trinajstić information content (AvgIpc) is 3.30. The van der Waals surface area contributed by atoms with Crippen molar-refractivity contribution in [3.63, 3.8) is 0 Å². The summed E-state index contributed by atoms with van der Waals surface area (Å²) < 4.78 is 16.8. The van der Waals surface area contributed by atoms with Crippen LogP contribution in [0.3, 0.4) is 0 Å². The second-order valence-electron chi connectivity index (χ2n) is 17.4. The molecule has 0 aliphatic rings. The van der Waals surface area contributed by atoms with Crippen molar-refractivity contribution in [2.45, 2.75) is 245 Å². The smallest absolute Gasteiger partial charge is 0.306 e. The molecule has 0 bridgehead atoms. The van der Waals surface area contributed by atoms with Gasteiger partial charge < -0.3 is 14.2 Å². The number of rotatable bonds is 47. The summed E-state index contributed by atoms with van der Waals surface area (Å²) >= 11 is 0. The van der Waals surface area contributed by atoms with E-state index in [4.69, 9.17) is 14.2 Å². The first-order valence-electron chi connectivity index (χ1n) is 26.8. The van der Waals surface area contributed by atoms with Gasteiger partial charge in [-0.3, -0.25) is 14.4 Å². The summed E-state index contributed by atoms with van der Waals surface area (Å²) in [6, 6.07) is 0. The van der Waals surface area contributed by atoms with Gasteiger partial charge in [0.2, 0.25) is 0 Å². The molecule has 0 aliphatic heterocycles. The highest BCUT2D eigenvalue weighted by Gasteiger charge is 2.19. The molecule has 6 nitrogen and oxygen atoms in total. The Labute approximate surface area is 400 Å². The number of carbonyl (C=O) groups is 3. The molecule has 0 radical (unpaired) electrons. The summed E-state index contributed by atoms with van der Waals surface area (Å²) in [5, 5.41) is 0. The van der Waals surface area contributed by atoms with E-state index in [1.807, 2.05) is 0 Å². The molecule has 0 amide bonds. The fourth-order valence-electron chi connectivity index (χ4n) is 7.18. The summed E-state index contributed by atoms with van der Waals surface area (Å²) in [4.78, 5) is 38.0. The van der Waals surface area contributed by atoms with Crippen LogP contribution >= 0.6 is 0 Å². The lowest BCUT2D eigenvalue weighted by atomic mass is 10.0. The molecule has 0 aromatic heterocycles. The first kappa shape index (κ1) is 61.3. The first-order valence-corrected chi connectivity index (χ1v) is 26.8. The second-order valence-corrected chi connectivity index (χ2v) is 17.4. The van der Waals surface area contributed by atoms with Crippen LogP contribution < -0.4 is 0 Å². The molecule has 0 N–H and O–H groups in total. The van der Waals surface area contributed by atoms with Crippen LogP contribution in [-0.2, 0) is 28.6 Å². The molecular weight excluding hydrogens is 805 g/mol. The minimum absolute atomic E-state index is 0.105. The number of carbonyl (C=O) groups excluding carboxylic acids is 3. The van der Waals surface area contributed by atoms with Gasteiger partial charge in [-0.25, -0.2) is 0 Å². The van der Waals surface area contributed by atoms with Crippen LogP contribution in [0.2, 0.25) is 0 Å². The molecule has 0 rings (SSSR count). The topological polar surface area (TPSA) is 78.9 Å². The molecule has 0 fully saturated rings. The van der Waals surface area contributed by atoms with Crippen LogP contribution in [0.5, 0.6) is 0 Å². The number of unbranched alkanes of at least 4 members (excludes halogenated alkanes) is 22. The number of esters is 3. The highest BCUT2D eigenvalue weighted by Crippen LogP contribution is 2.15. The van der Waals surface area contributed by atoms with Gasteiger partial charge in [0, 0.05) is 19.3 Å². The molecule has 1 atom stereocenters. The van der Waals surface area contributed by atoms with E-state index in [1.165, 1.54) is 89.9 Å². The molecule has 0 aromatic rings. The lowest BCUT2D eigenvalue weighted by Crippen LogP contribution is -2.30. The zero-order chi connectivity index (χ0) is 47.2. The third-order valence-electron chi connectivity index (χ3n) is 11.1. The number of hydrogen-bond donors (Lipinski definition) is 0. The number of ether oxygens (including phenoxy) is 3. The Bertz CT molecular complexity index is 1310. The molecule has 370 valence electrons. The average molecular weight is 903 g/mol. The van der Waals surface area contributed by atoms with Crippen LogP contribution in [-0.4, -0.2) is 37.2 Å². The van der Waals surface area contributed by atoms with Gasteiger partial charge in [0.05, 0.1) is 0 Å². The minimum Gasteiger partial charge on any atom is -0.462 e. The molecular formula is C59H98O6. The van der Waals surface area contributed by atoms with Gasteiger partial charge in [0.25, 0.3) is 0 Å². The van der Waals surface area contributed by atoms with Gasteiger partial charge in [-0.05, 0) is 77.0 Å². The maximum Gasteiger partial charge on any atom is 0.306 e. The molecule has 65 heavy (non-hydrogen) atoms. The standard InChI is InChI=1S/C59H98O6/c1-4-7-10-13-16-19-22-25-27-29-31-34-37-40-43-46-49-52-58(61)64-55-56(54-63-57(60)51-48-45-42-39-36-33-24-21-18-15-12-9-6-3)65-59(62)53-50-47-44-41-38-35-32-30-28-26-23-20-17-14-11-8-5-2/h7,9-10,12,15-16,18-19,21,24-25,27,31,34,40,43,56H,4-6,8,11,13-14,17,20,22-23,26,28-30,32-33,35-39,41-42,44-55H2,1-3H3/b10-7-,12-9-,18-15-,19-16-,24-21-,27-25-,34-31-,43-40-. The molecule has 0 aliphatic carbocycles. The largest absolute Gasteiger partial charge is 0.462 e. The van der Waals surface area contributed by atoms with Crippen molar-refractivity contribution in [1.29, 1.82) is 0 Å². The minimum atomic E-state index is -0.808. The van der Waals surface area contributed by atoms with E-state index >= 15 is 0 Å². The monoisotopic (exact) mass is 903 g/mol. The fraction of sp³-hybridized carbons (Fsp3) is 0.678. The van der Waals surface area contributed by atoms with Gasteiger partial charge >= 0.3 is 17.9 Å². The summed E-state index contributed by atoms with van der Waals surface area (Å²) in [5.41, 5.74) is 0. The summed E-state index contributed by atoms with van der Waals surface area (Å²) in [6.07, 6.45) is 69.7. The van der Waals surface area contributed by atoms with Crippen molar-refractivity contribution >= 4 is 17.9 Å². The highest BCUT2D eigenvalue weighted by atomic mass is 16.6. The van der Waals surface area contributed by atoms with Crippen molar-refractivity contribution < 1.29 is 28.6 Å². The van der Waals surface area contributed by atoms with E-state index in [0.29, 0.717) is 19.3 Å². The first-order chi connectivity index (χ1) is 32.0. The van der Waals surface area contributed by atoms with E-state index in [9.17, 15) is 14.4 Å². The van der Waals surface area contributed by atoms with E-state index < -0.39 is 6.10 Å². The number of allylic oxidation sites excluding steroid dienone is 16. The molecule has 1 unspecified atom stereocenters. The Balaban J connectivity index is 4.48. The van der Waals surface area contributed by atoms with Gasteiger partial charge in [-0.2, -0.15) is 0 Å². The van der Waals surface area contributed by atoms with E-state index in [-0.39, 0.29) is 37.5 Å². The summed E-state index contributed by atoms with van der Waals surface area (Å²) in [6.45, 7) is 6.33. The fourth-order valence-corrected chi connectivity index (χ4v) is 7.18. The van der Waals surface area contributed by atoms with Gasteiger partial charge in [-0.15, -0.1) is 0 Å². The van der Waals surface area contributed by atoms with E-state index in [2.05, 4.69) is 118 Å². The predicted octanol–water partition coefficient (Wildman–Crippen LogP) is 17.8. The molecule has 6 heteroatoms. The van der Waals surface area contributed by atoms with Crippen molar-refractivity contribution in [2.24, 2.45) is 0 Å². The van der Waals surface area contributed by atoms with Crippen molar-refractivity contribution in [1.82, 2.24) is 0 Å². The Morgan fingerprint density at radius 2 is 0.692 bits per heavy atom. The molecule has 0 saturated heterocycles. The predicted molar refractivity (Wildman–Crippen MR) is 279 cm³/mol. The van der Waals surface area contributed by atoms with E-state index in [1.54, 1.807) is 0 Å². The van der Waals surface area contributed by atoms with Gasteiger partial charge in [0.1, 0.15) is 13.2 Å². The molecule has 0 saturated carbocycles. The Morgan fingerprint density at radius 1 is 0.338 bits per heavy atom. The van der Waals surface area contributed by atoms with Crippen molar-refractivity contribution in [3.05, 3.63) is 97.2 Å². The SMILES string of the molecule is CC\C=C/C=C\C=C/CCCCCCCC(=O)OCC(COC(=O)CCC/C=C\C/C=C\C/C=C\C/C=C\C/C=C\CC)OC(=O)CCCCCCCCCCCCCCCCCCC. The summed E-state index contributed by atoms with van der Waals surface area (Å²) in [5.74, 6) is -0.982. The quantitative estimate of drug-likeness (QED) is 0.0199. The van der Waals surface area contributed by atoms with Crippen molar-refractivity contribution in [2.75, 3.05) is 13.2 Å². The maximum absolute atomic E-state index is 12.8. The van der Waals surface area contributed by atoms with Gasteiger partial charge in [0.15, 0.2) is 6.10 Å².